The maximum absolute atomic E-state index is 5.56. The normalized spacial score (nSPS) is 18.7. The van der Waals surface area contributed by atoms with Gasteiger partial charge in [0.2, 0.25) is 0 Å². The summed E-state index contributed by atoms with van der Waals surface area (Å²) in [4.78, 5) is 11.4. The van der Waals surface area contributed by atoms with Crippen LogP contribution >= 0.6 is 0 Å². The Bertz CT molecular complexity index is 654. The summed E-state index contributed by atoms with van der Waals surface area (Å²) in [5.74, 6) is 0.979. The molecule has 0 aliphatic carbocycles. The summed E-state index contributed by atoms with van der Waals surface area (Å²) >= 11 is 0. The molecule has 1 aliphatic heterocycles. The molecular formula is C19H28N4O. The van der Waals surface area contributed by atoms with Crippen LogP contribution in [0.15, 0.2) is 24.9 Å². The zero-order valence-corrected chi connectivity index (χ0v) is 15.0. The van der Waals surface area contributed by atoms with Crippen LogP contribution in [-0.4, -0.2) is 39.1 Å². The second kappa shape index (κ2) is 7.79. The highest BCUT2D eigenvalue weighted by Crippen LogP contribution is 2.27. The average molecular weight is 328 g/mol. The number of hydrogen-bond acceptors (Lipinski definition) is 4. The van der Waals surface area contributed by atoms with Crippen LogP contribution in [0.3, 0.4) is 0 Å². The molecule has 2 aromatic heterocycles. The average Bonchev–Trinajstić information content (AvgIpc) is 3.10. The summed E-state index contributed by atoms with van der Waals surface area (Å²) in [6.45, 7) is 7.28. The van der Waals surface area contributed by atoms with Crippen LogP contribution < -0.4 is 4.74 Å². The predicted molar refractivity (Wildman–Crippen MR) is 95.2 cm³/mol. The van der Waals surface area contributed by atoms with E-state index >= 15 is 0 Å². The van der Waals surface area contributed by atoms with E-state index in [0.29, 0.717) is 6.04 Å². The monoisotopic (exact) mass is 328 g/mol. The van der Waals surface area contributed by atoms with Gasteiger partial charge in [0, 0.05) is 48.8 Å². The third kappa shape index (κ3) is 3.78. The van der Waals surface area contributed by atoms with Gasteiger partial charge in [-0.25, -0.2) is 4.98 Å². The highest BCUT2D eigenvalue weighted by atomic mass is 16.5. The SMILES string of the molecule is COc1c(C)cnc(CN2CCCC[C@H]2CCn2ccnc2)c1C. The summed E-state index contributed by atoms with van der Waals surface area (Å²) in [6, 6.07) is 0.620. The highest BCUT2D eigenvalue weighted by molar-refractivity contribution is 5.41. The molecule has 0 saturated carbocycles. The number of rotatable bonds is 6. The van der Waals surface area contributed by atoms with Gasteiger partial charge in [-0.3, -0.25) is 9.88 Å². The number of imidazole rings is 1. The first-order valence-electron chi connectivity index (χ1n) is 8.88. The van der Waals surface area contributed by atoms with Crippen LogP contribution in [0.25, 0.3) is 0 Å². The molecule has 1 fully saturated rings. The van der Waals surface area contributed by atoms with Gasteiger partial charge in [0.15, 0.2) is 0 Å². The van der Waals surface area contributed by atoms with Crippen molar-refractivity contribution in [1.82, 2.24) is 19.4 Å². The Morgan fingerprint density at radius 2 is 2.17 bits per heavy atom. The van der Waals surface area contributed by atoms with Crippen LogP contribution in [0, 0.1) is 13.8 Å². The van der Waals surface area contributed by atoms with Gasteiger partial charge in [-0.05, 0) is 39.7 Å². The summed E-state index contributed by atoms with van der Waals surface area (Å²) in [5.41, 5.74) is 3.43. The minimum absolute atomic E-state index is 0.620. The number of pyridine rings is 1. The van der Waals surface area contributed by atoms with Crippen molar-refractivity contribution in [3.8, 4) is 5.75 Å². The molecule has 0 bridgehead atoms. The van der Waals surface area contributed by atoms with Crippen molar-refractivity contribution in [1.29, 1.82) is 0 Å². The van der Waals surface area contributed by atoms with Crippen molar-refractivity contribution in [3.63, 3.8) is 0 Å². The van der Waals surface area contributed by atoms with E-state index in [1.54, 1.807) is 7.11 Å². The Labute approximate surface area is 144 Å². The van der Waals surface area contributed by atoms with Crippen molar-refractivity contribution in [2.45, 2.75) is 58.7 Å². The molecule has 5 nitrogen and oxygen atoms in total. The van der Waals surface area contributed by atoms with Gasteiger partial charge >= 0.3 is 0 Å². The first-order chi connectivity index (χ1) is 11.7. The molecule has 1 aliphatic rings. The Morgan fingerprint density at radius 1 is 1.29 bits per heavy atom. The fourth-order valence-corrected chi connectivity index (χ4v) is 3.74. The molecule has 0 amide bonds. The zero-order chi connectivity index (χ0) is 16.9. The molecule has 130 valence electrons. The van der Waals surface area contributed by atoms with Crippen molar-refractivity contribution in [2.24, 2.45) is 0 Å². The molecule has 2 aromatic rings. The Hall–Kier alpha value is -1.88. The van der Waals surface area contributed by atoms with E-state index in [4.69, 9.17) is 4.74 Å². The quantitative estimate of drug-likeness (QED) is 0.815. The lowest BCUT2D eigenvalue weighted by Crippen LogP contribution is -2.39. The molecule has 0 N–H and O–H groups in total. The first-order valence-corrected chi connectivity index (χ1v) is 8.88. The molecule has 0 radical (unpaired) electrons. The fourth-order valence-electron chi connectivity index (χ4n) is 3.74. The zero-order valence-electron chi connectivity index (χ0n) is 15.0. The van der Waals surface area contributed by atoms with Crippen molar-refractivity contribution < 1.29 is 4.74 Å². The van der Waals surface area contributed by atoms with Gasteiger partial charge in [0.1, 0.15) is 5.75 Å². The van der Waals surface area contributed by atoms with Crippen molar-refractivity contribution in [2.75, 3.05) is 13.7 Å². The van der Waals surface area contributed by atoms with E-state index < -0.39 is 0 Å². The lowest BCUT2D eigenvalue weighted by molar-refractivity contribution is 0.126. The van der Waals surface area contributed by atoms with Gasteiger partial charge < -0.3 is 9.30 Å². The molecule has 0 unspecified atom stereocenters. The van der Waals surface area contributed by atoms with Gasteiger partial charge in [-0.15, -0.1) is 0 Å². The third-order valence-electron chi connectivity index (χ3n) is 5.13. The van der Waals surface area contributed by atoms with Gasteiger partial charge in [0.05, 0.1) is 19.1 Å². The molecule has 3 heterocycles. The smallest absolute Gasteiger partial charge is 0.128 e. The lowest BCUT2D eigenvalue weighted by Gasteiger charge is -2.36. The van der Waals surface area contributed by atoms with Crippen LogP contribution in [-0.2, 0) is 13.1 Å². The van der Waals surface area contributed by atoms with Gasteiger partial charge in [0.25, 0.3) is 0 Å². The second-order valence-electron chi connectivity index (χ2n) is 6.76. The van der Waals surface area contributed by atoms with Crippen molar-refractivity contribution >= 4 is 0 Å². The highest BCUT2D eigenvalue weighted by Gasteiger charge is 2.24. The fraction of sp³-hybridized carbons (Fsp3) is 0.579. The number of likely N-dealkylation sites (tertiary alicyclic amines) is 1. The Morgan fingerprint density at radius 3 is 2.92 bits per heavy atom. The van der Waals surface area contributed by atoms with E-state index in [1.165, 1.54) is 31.2 Å². The number of nitrogens with zero attached hydrogens (tertiary/aromatic N) is 4. The molecule has 0 spiro atoms. The molecular weight excluding hydrogens is 300 g/mol. The van der Waals surface area contributed by atoms with Crippen LogP contribution in [0.2, 0.25) is 0 Å². The van der Waals surface area contributed by atoms with E-state index in [0.717, 1.165) is 36.6 Å². The Kier molecular flexibility index (Phi) is 5.51. The van der Waals surface area contributed by atoms with E-state index in [9.17, 15) is 0 Å². The minimum atomic E-state index is 0.620. The molecule has 3 rings (SSSR count). The topological polar surface area (TPSA) is 43.2 Å². The third-order valence-corrected chi connectivity index (χ3v) is 5.13. The Balaban J connectivity index is 1.69. The van der Waals surface area contributed by atoms with Crippen LogP contribution in [0.1, 0.15) is 42.5 Å². The van der Waals surface area contributed by atoms with Gasteiger partial charge in [-0.1, -0.05) is 6.42 Å². The number of aromatic nitrogens is 3. The lowest BCUT2D eigenvalue weighted by atomic mass is 9.98. The molecule has 0 aromatic carbocycles. The molecule has 5 heteroatoms. The summed E-state index contributed by atoms with van der Waals surface area (Å²) in [5, 5.41) is 0. The predicted octanol–water partition coefficient (Wildman–Crippen LogP) is 3.35. The maximum Gasteiger partial charge on any atom is 0.128 e. The minimum Gasteiger partial charge on any atom is -0.496 e. The van der Waals surface area contributed by atoms with Gasteiger partial charge in [-0.2, -0.15) is 0 Å². The first kappa shape index (κ1) is 17.0. The number of methoxy groups -OCH3 is 1. The van der Waals surface area contributed by atoms with Crippen LogP contribution in [0.5, 0.6) is 5.75 Å². The maximum atomic E-state index is 5.56. The van der Waals surface area contributed by atoms with E-state index in [2.05, 4.69) is 33.3 Å². The molecule has 24 heavy (non-hydrogen) atoms. The van der Waals surface area contributed by atoms with E-state index in [-0.39, 0.29) is 0 Å². The summed E-state index contributed by atoms with van der Waals surface area (Å²) in [7, 11) is 1.74. The number of aryl methyl sites for hydroxylation is 2. The standard InChI is InChI=1S/C19H28N4O/c1-15-12-21-18(16(2)19(15)24-3)13-23-9-5-4-6-17(23)7-10-22-11-8-20-14-22/h8,11-12,14,17H,4-7,9-10,13H2,1-3H3/t17-/m0/s1. The molecule has 1 saturated heterocycles. The number of hydrogen-bond donors (Lipinski definition) is 0. The molecule has 1 atom stereocenters. The summed E-state index contributed by atoms with van der Waals surface area (Å²) in [6.07, 6.45) is 12.8. The largest absolute Gasteiger partial charge is 0.496 e. The number of ether oxygens (including phenoxy) is 1. The van der Waals surface area contributed by atoms with Crippen molar-refractivity contribution in [3.05, 3.63) is 41.7 Å². The van der Waals surface area contributed by atoms with E-state index in [1.807, 2.05) is 24.9 Å². The van der Waals surface area contributed by atoms with Crippen LogP contribution in [0.4, 0.5) is 0 Å². The number of piperidine rings is 1. The second-order valence-corrected chi connectivity index (χ2v) is 6.76. The summed E-state index contributed by atoms with van der Waals surface area (Å²) < 4.78 is 7.73.